The smallest absolute Gasteiger partial charge is 0.237 e. The number of hydrogen-bond acceptors (Lipinski definition) is 4. The van der Waals surface area contributed by atoms with Crippen LogP contribution in [-0.2, 0) is 0 Å². The van der Waals surface area contributed by atoms with Crippen LogP contribution < -0.4 is 11.3 Å². The molecule has 0 aliphatic heterocycles. The molecule has 0 spiro atoms. The van der Waals surface area contributed by atoms with E-state index >= 15 is 0 Å². The molecule has 4 nitrogen and oxygen atoms in total. The second-order valence-corrected chi connectivity index (χ2v) is 5.37. The summed E-state index contributed by atoms with van der Waals surface area (Å²) in [6.45, 7) is 0. The Labute approximate surface area is 119 Å². The summed E-state index contributed by atoms with van der Waals surface area (Å²) in [5, 5.41) is 0. The number of nitrogens with one attached hydrogen (secondary N) is 1. The molecule has 1 aliphatic rings. The Balaban J connectivity index is 1.81. The van der Waals surface area contributed by atoms with Crippen LogP contribution in [0.15, 0.2) is 36.5 Å². The van der Waals surface area contributed by atoms with Crippen molar-refractivity contribution in [1.29, 1.82) is 0 Å². The van der Waals surface area contributed by atoms with Crippen LogP contribution in [0.3, 0.4) is 0 Å². The Kier molecular flexibility index (Phi) is 3.92. The van der Waals surface area contributed by atoms with Gasteiger partial charge in [0, 0.05) is 11.8 Å². The fourth-order valence-corrected chi connectivity index (χ4v) is 2.95. The lowest BCUT2D eigenvalue weighted by Crippen LogP contribution is -2.10. The zero-order chi connectivity index (χ0) is 13.8. The van der Waals surface area contributed by atoms with Gasteiger partial charge >= 0.3 is 0 Å². The van der Waals surface area contributed by atoms with E-state index in [2.05, 4.69) is 39.7 Å². The van der Waals surface area contributed by atoms with Crippen LogP contribution in [0.1, 0.15) is 43.6 Å². The minimum atomic E-state index is 0.443. The molecule has 3 rings (SSSR count). The van der Waals surface area contributed by atoms with Gasteiger partial charge in [-0.05, 0) is 30.4 Å². The highest BCUT2D eigenvalue weighted by molar-refractivity contribution is 5.60. The Morgan fingerprint density at radius 2 is 1.75 bits per heavy atom. The first-order chi connectivity index (χ1) is 9.86. The number of nitrogen functional groups attached to an aromatic ring is 1. The molecule has 0 atom stereocenters. The van der Waals surface area contributed by atoms with Crippen LogP contribution in [0.25, 0.3) is 11.3 Å². The van der Waals surface area contributed by atoms with E-state index in [1.54, 1.807) is 6.20 Å². The molecule has 1 saturated carbocycles. The van der Waals surface area contributed by atoms with Gasteiger partial charge in [0.15, 0.2) is 0 Å². The quantitative estimate of drug-likeness (QED) is 0.661. The predicted octanol–water partition coefficient (Wildman–Crippen LogP) is 3.48. The average molecular weight is 268 g/mol. The summed E-state index contributed by atoms with van der Waals surface area (Å²) in [5.41, 5.74) is 5.93. The monoisotopic (exact) mass is 268 g/mol. The molecular weight excluding hydrogens is 248 g/mol. The Morgan fingerprint density at radius 1 is 1.00 bits per heavy atom. The van der Waals surface area contributed by atoms with Crippen molar-refractivity contribution in [3.05, 3.63) is 42.1 Å². The lowest BCUT2D eigenvalue weighted by molar-refractivity contribution is 0.443. The number of nitrogens with zero attached hydrogens (tertiary/aromatic N) is 2. The fourth-order valence-electron chi connectivity index (χ4n) is 2.95. The Morgan fingerprint density at radius 3 is 2.45 bits per heavy atom. The normalized spacial score (nSPS) is 16.1. The van der Waals surface area contributed by atoms with Crippen molar-refractivity contribution >= 4 is 5.95 Å². The molecule has 0 bridgehead atoms. The average Bonchev–Trinajstić information content (AvgIpc) is 2.56. The maximum atomic E-state index is 5.34. The fraction of sp³-hybridized carbons (Fsp3) is 0.375. The van der Waals surface area contributed by atoms with Gasteiger partial charge in [-0.1, -0.05) is 43.5 Å². The van der Waals surface area contributed by atoms with Crippen LogP contribution in [-0.4, -0.2) is 9.97 Å². The third-order valence-corrected chi connectivity index (χ3v) is 4.07. The second kappa shape index (κ2) is 6.01. The van der Waals surface area contributed by atoms with Gasteiger partial charge < -0.3 is 0 Å². The molecule has 1 aliphatic carbocycles. The van der Waals surface area contributed by atoms with Gasteiger partial charge in [-0.25, -0.2) is 15.8 Å². The molecule has 0 radical (unpaired) electrons. The van der Waals surface area contributed by atoms with Crippen molar-refractivity contribution in [1.82, 2.24) is 9.97 Å². The Bertz CT molecular complexity index is 559. The zero-order valence-electron chi connectivity index (χ0n) is 11.5. The van der Waals surface area contributed by atoms with E-state index < -0.39 is 0 Å². The summed E-state index contributed by atoms with van der Waals surface area (Å²) in [7, 11) is 0. The molecule has 1 aromatic carbocycles. The van der Waals surface area contributed by atoms with Crippen LogP contribution >= 0.6 is 0 Å². The molecule has 1 fully saturated rings. The molecule has 0 amide bonds. The highest BCUT2D eigenvalue weighted by Crippen LogP contribution is 2.33. The SMILES string of the molecule is NNc1nccc(-c2ccc(C3CCCCC3)cc2)n1. The first-order valence-electron chi connectivity index (χ1n) is 7.27. The predicted molar refractivity (Wildman–Crippen MR) is 81.1 cm³/mol. The third-order valence-electron chi connectivity index (χ3n) is 4.07. The molecule has 0 unspecified atom stereocenters. The Hall–Kier alpha value is -1.94. The van der Waals surface area contributed by atoms with E-state index in [-0.39, 0.29) is 0 Å². The van der Waals surface area contributed by atoms with Gasteiger partial charge in [-0.3, -0.25) is 5.43 Å². The van der Waals surface area contributed by atoms with Crippen molar-refractivity contribution in [3.63, 3.8) is 0 Å². The minimum Gasteiger partial charge on any atom is -0.292 e. The van der Waals surface area contributed by atoms with Gasteiger partial charge in [0.25, 0.3) is 0 Å². The van der Waals surface area contributed by atoms with Crippen LogP contribution in [0.2, 0.25) is 0 Å². The topological polar surface area (TPSA) is 63.8 Å². The van der Waals surface area contributed by atoms with Crippen LogP contribution in [0.5, 0.6) is 0 Å². The standard InChI is InChI=1S/C16H20N4/c17-20-16-18-11-10-15(19-16)14-8-6-13(7-9-14)12-4-2-1-3-5-12/h6-12H,1-5,17H2,(H,18,19,20). The molecule has 104 valence electrons. The van der Waals surface area contributed by atoms with Crippen molar-refractivity contribution < 1.29 is 0 Å². The van der Waals surface area contributed by atoms with Crippen molar-refractivity contribution in [2.45, 2.75) is 38.0 Å². The first-order valence-corrected chi connectivity index (χ1v) is 7.27. The highest BCUT2D eigenvalue weighted by Gasteiger charge is 2.15. The van der Waals surface area contributed by atoms with E-state index in [9.17, 15) is 0 Å². The van der Waals surface area contributed by atoms with Gasteiger partial charge in [-0.2, -0.15) is 0 Å². The first kappa shape index (κ1) is 13.1. The summed E-state index contributed by atoms with van der Waals surface area (Å²) in [6.07, 6.45) is 8.49. The lowest BCUT2D eigenvalue weighted by atomic mass is 9.84. The molecule has 2 aromatic rings. The number of nitrogens with two attached hydrogens (primary N) is 1. The molecule has 0 saturated heterocycles. The maximum absolute atomic E-state index is 5.34. The molecule has 20 heavy (non-hydrogen) atoms. The number of aromatic nitrogens is 2. The van der Waals surface area contributed by atoms with E-state index in [0.29, 0.717) is 5.95 Å². The summed E-state index contributed by atoms with van der Waals surface area (Å²) < 4.78 is 0. The summed E-state index contributed by atoms with van der Waals surface area (Å²) in [6, 6.07) is 10.7. The minimum absolute atomic E-state index is 0.443. The van der Waals surface area contributed by atoms with Crippen molar-refractivity contribution in [2.24, 2.45) is 5.84 Å². The van der Waals surface area contributed by atoms with Gasteiger partial charge in [0.1, 0.15) is 0 Å². The number of rotatable bonds is 3. The number of hydrogen-bond donors (Lipinski definition) is 2. The molecule has 1 aromatic heterocycles. The zero-order valence-corrected chi connectivity index (χ0v) is 11.5. The summed E-state index contributed by atoms with van der Waals surface area (Å²) in [4.78, 5) is 8.38. The highest BCUT2D eigenvalue weighted by atomic mass is 15.3. The maximum Gasteiger partial charge on any atom is 0.237 e. The second-order valence-electron chi connectivity index (χ2n) is 5.37. The van der Waals surface area contributed by atoms with E-state index in [4.69, 9.17) is 5.84 Å². The van der Waals surface area contributed by atoms with Crippen LogP contribution in [0.4, 0.5) is 5.95 Å². The summed E-state index contributed by atoms with van der Waals surface area (Å²) in [5.74, 6) is 6.53. The largest absolute Gasteiger partial charge is 0.292 e. The van der Waals surface area contributed by atoms with Gasteiger partial charge in [-0.15, -0.1) is 0 Å². The van der Waals surface area contributed by atoms with E-state index in [0.717, 1.165) is 17.2 Å². The molecule has 4 heteroatoms. The van der Waals surface area contributed by atoms with Gasteiger partial charge in [0.05, 0.1) is 5.69 Å². The number of hydrazine groups is 1. The van der Waals surface area contributed by atoms with Gasteiger partial charge in [0.2, 0.25) is 5.95 Å². The van der Waals surface area contributed by atoms with Crippen molar-refractivity contribution in [3.8, 4) is 11.3 Å². The molecular formula is C16H20N4. The summed E-state index contributed by atoms with van der Waals surface area (Å²) >= 11 is 0. The number of anilines is 1. The van der Waals surface area contributed by atoms with Crippen molar-refractivity contribution in [2.75, 3.05) is 5.43 Å². The molecule has 3 N–H and O–H groups in total. The third kappa shape index (κ3) is 2.80. The van der Waals surface area contributed by atoms with E-state index in [1.165, 1.54) is 37.7 Å². The van der Waals surface area contributed by atoms with E-state index in [1.807, 2.05) is 6.07 Å². The van der Waals surface area contributed by atoms with Crippen LogP contribution in [0, 0.1) is 0 Å². The number of benzene rings is 1. The lowest BCUT2D eigenvalue weighted by Gasteiger charge is -2.22. The molecule has 1 heterocycles.